The zero-order valence-corrected chi connectivity index (χ0v) is 8.08. The lowest BCUT2D eigenvalue weighted by molar-refractivity contribution is -0.154. The van der Waals surface area contributed by atoms with Crippen molar-refractivity contribution in [2.75, 3.05) is 0 Å². The standard InChI is InChI=1S/C9H14O5/c1-3(2)6-4(10)7-8(13-6)5(11)9(12)14-7/h3-8,10-11H,1-2H3/t4-,5+,6+,7?,8-/m1/s1. The van der Waals surface area contributed by atoms with Crippen molar-refractivity contribution < 1.29 is 24.5 Å². The van der Waals surface area contributed by atoms with E-state index in [-0.39, 0.29) is 12.0 Å². The van der Waals surface area contributed by atoms with Gasteiger partial charge in [-0.1, -0.05) is 13.8 Å². The summed E-state index contributed by atoms with van der Waals surface area (Å²) in [7, 11) is 0. The molecule has 0 saturated carbocycles. The van der Waals surface area contributed by atoms with E-state index in [1.54, 1.807) is 0 Å². The van der Waals surface area contributed by atoms with Gasteiger partial charge in [-0.3, -0.25) is 0 Å². The lowest BCUT2D eigenvalue weighted by Crippen LogP contribution is -2.34. The normalized spacial score (nSPS) is 46.9. The lowest BCUT2D eigenvalue weighted by atomic mass is 9.99. The third kappa shape index (κ3) is 1.24. The lowest BCUT2D eigenvalue weighted by Gasteiger charge is -2.20. The number of aliphatic hydroxyl groups excluding tert-OH is 2. The molecule has 2 aliphatic heterocycles. The summed E-state index contributed by atoms with van der Waals surface area (Å²) in [5, 5.41) is 19.1. The van der Waals surface area contributed by atoms with E-state index in [2.05, 4.69) is 0 Å². The number of rotatable bonds is 1. The summed E-state index contributed by atoms with van der Waals surface area (Å²) in [6.45, 7) is 3.81. The molecule has 0 bridgehead atoms. The minimum atomic E-state index is -1.25. The van der Waals surface area contributed by atoms with Crippen LogP contribution in [0.25, 0.3) is 0 Å². The van der Waals surface area contributed by atoms with Gasteiger partial charge in [0.05, 0.1) is 6.10 Å². The summed E-state index contributed by atoms with van der Waals surface area (Å²) in [4.78, 5) is 10.9. The summed E-state index contributed by atoms with van der Waals surface area (Å²) < 4.78 is 10.2. The monoisotopic (exact) mass is 202 g/mol. The average Bonchev–Trinajstić information content (AvgIpc) is 2.56. The Morgan fingerprint density at radius 1 is 1.29 bits per heavy atom. The van der Waals surface area contributed by atoms with Crippen LogP contribution in [0.1, 0.15) is 13.8 Å². The van der Waals surface area contributed by atoms with Crippen LogP contribution in [-0.4, -0.2) is 46.7 Å². The van der Waals surface area contributed by atoms with Gasteiger partial charge in [-0.05, 0) is 5.92 Å². The first-order chi connectivity index (χ1) is 6.52. The van der Waals surface area contributed by atoms with Crippen LogP contribution < -0.4 is 0 Å². The summed E-state index contributed by atoms with van der Waals surface area (Å²) in [6.07, 6.45) is -3.86. The van der Waals surface area contributed by atoms with Gasteiger partial charge in [0.25, 0.3) is 0 Å². The maximum absolute atomic E-state index is 10.9. The molecule has 0 aliphatic carbocycles. The van der Waals surface area contributed by atoms with Crippen LogP contribution in [0.4, 0.5) is 0 Å². The van der Waals surface area contributed by atoms with E-state index in [1.807, 2.05) is 13.8 Å². The van der Waals surface area contributed by atoms with Gasteiger partial charge in [0.15, 0.2) is 12.2 Å². The van der Waals surface area contributed by atoms with Crippen LogP contribution in [0.3, 0.4) is 0 Å². The second kappa shape index (κ2) is 3.18. The molecular weight excluding hydrogens is 188 g/mol. The zero-order valence-electron chi connectivity index (χ0n) is 8.08. The summed E-state index contributed by atoms with van der Waals surface area (Å²) >= 11 is 0. The SMILES string of the molecule is CC(C)[C@@H]1O[C@H]2C(OC(=O)[C@H]2O)[C@@H]1O. The highest BCUT2D eigenvalue weighted by Gasteiger charge is 2.56. The Balaban J connectivity index is 2.15. The Labute approximate surface area is 81.6 Å². The summed E-state index contributed by atoms with van der Waals surface area (Å²) in [5.41, 5.74) is 0. The number of fused-ring (bicyclic) bond motifs is 1. The highest BCUT2D eigenvalue weighted by atomic mass is 16.6. The molecular formula is C9H14O5. The number of hydrogen-bond acceptors (Lipinski definition) is 5. The van der Waals surface area contributed by atoms with Crippen molar-refractivity contribution in [2.24, 2.45) is 5.92 Å². The number of esters is 1. The fourth-order valence-corrected chi connectivity index (χ4v) is 2.00. The molecule has 2 N–H and O–H groups in total. The Hall–Kier alpha value is -0.650. The summed E-state index contributed by atoms with van der Waals surface area (Å²) in [5.74, 6) is -0.581. The first-order valence-electron chi connectivity index (χ1n) is 4.74. The molecule has 80 valence electrons. The molecule has 2 aliphatic rings. The molecule has 0 aromatic rings. The van der Waals surface area contributed by atoms with Crippen molar-refractivity contribution in [3.05, 3.63) is 0 Å². The second-order valence-electron chi connectivity index (χ2n) is 4.15. The molecule has 14 heavy (non-hydrogen) atoms. The van der Waals surface area contributed by atoms with Crippen molar-refractivity contribution in [1.82, 2.24) is 0 Å². The Morgan fingerprint density at radius 3 is 2.43 bits per heavy atom. The molecule has 5 heteroatoms. The van der Waals surface area contributed by atoms with Crippen molar-refractivity contribution in [2.45, 2.75) is 44.4 Å². The van der Waals surface area contributed by atoms with E-state index in [1.165, 1.54) is 0 Å². The highest BCUT2D eigenvalue weighted by molar-refractivity contribution is 5.78. The average molecular weight is 202 g/mol. The summed E-state index contributed by atoms with van der Waals surface area (Å²) in [6, 6.07) is 0. The van der Waals surface area contributed by atoms with E-state index in [9.17, 15) is 15.0 Å². The van der Waals surface area contributed by atoms with Gasteiger partial charge in [0.2, 0.25) is 0 Å². The van der Waals surface area contributed by atoms with Crippen LogP contribution in [-0.2, 0) is 14.3 Å². The molecule has 0 aromatic heterocycles. The van der Waals surface area contributed by atoms with Gasteiger partial charge < -0.3 is 19.7 Å². The number of carbonyl (C=O) groups excluding carboxylic acids is 1. The largest absolute Gasteiger partial charge is 0.455 e. The first-order valence-corrected chi connectivity index (χ1v) is 4.74. The molecule has 0 spiro atoms. The van der Waals surface area contributed by atoms with Gasteiger partial charge in [-0.25, -0.2) is 4.79 Å². The van der Waals surface area contributed by atoms with Crippen LogP contribution >= 0.6 is 0 Å². The zero-order chi connectivity index (χ0) is 10.5. The highest BCUT2D eigenvalue weighted by Crippen LogP contribution is 2.34. The van der Waals surface area contributed by atoms with Gasteiger partial charge in [-0.15, -0.1) is 0 Å². The van der Waals surface area contributed by atoms with Crippen molar-refractivity contribution in [1.29, 1.82) is 0 Å². The molecule has 0 aromatic carbocycles. The minimum Gasteiger partial charge on any atom is -0.455 e. The molecule has 2 rings (SSSR count). The number of carbonyl (C=O) groups is 1. The third-order valence-electron chi connectivity index (χ3n) is 2.77. The Morgan fingerprint density at radius 2 is 1.93 bits per heavy atom. The molecule has 5 atom stereocenters. The molecule has 2 fully saturated rings. The molecule has 2 heterocycles. The number of hydrogen-bond donors (Lipinski definition) is 2. The predicted molar refractivity (Wildman–Crippen MR) is 45.4 cm³/mol. The first kappa shape index (κ1) is 9.89. The van der Waals surface area contributed by atoms with Crippen LogP contribution in [0.2, 0.25) is 0 Å². The molecule has 5 nitrogen and oxygen atoms in total. The van der Waals surface area contributed by atoms with E-state index in [0.717, 1.165) is 0 Å². The minimum absolute atomic E-state index is 0.126. The van der Waals surface area contributed by atoms with E-state index >= 15 is 0 Å². The quantitative estimate of drug-likeness (QED) is 0.536. The van der Waals surface area contributed by atoms with E-state index in [0.29, 0.717) is 0 Å². The topological polar surface area (TPSA) is 76.0 Å². The molecule has 0 radical (unpaired) electrons. The van der Waals surface area contributed by atoms with Crippen LogP contribution in [0.15, 0.2) is 0 Å². The third-order valence-corrected chi connectivity index (χ3v) is 2.77. The smallest absolute Gasteiger partial charge is 0.338 e. The molecule has 1 unspecified atom stereocenters. The van der Waals surface area contributed by atoms with Gasteiger partial charge in [-0.2, -0.15) is 0 Å². The Kier molecular flexibility index (Phi) is 2.25. The molecule has 0 amide bonds. The van der Waals surface area contributed by atoms with E-state index < -0.39 is 30.4 Å². The van der Waals surface area contributed by atoms with Crippen LogP contribution in [0, 0.1) is 5.92 Å². The van der Waals surface area contributed by atoms with Gasteiger partial charge >= 0.3 is 5.97 Å². The fourth-order valence-electron chi connectivity index (χ4n) is 2.00. The predicted octanol–water partition coefficient (Wildman–Crippen LogP) is -0.943. The van der Waals surface area contributed by atoms with Crippen molar-refractivity contribution in [3.63, 3.8) is 0 Å². The van der Waals surface area contributed by atoms with Crippen molar-refractivity contribution >= 4 is 5.97 Å². The maximum Gasteiger partial charge on any atom is 0.338 e. The fraction of sp³-hybridized carbons (Fsp3) is 0.889. The van der Waals surface area contributed by atoms with Crippen LogP contribution in [0.5, 0.6) is 0 Å². The van der Waals surface area contributed by atoms with Gasteiger partial charge in [0, 0.05) is 0 Å². The number of aliphatic hydroxyl groups is 2. The molecule has 2 saturated heterocycles. The second-order valence-corrected chi connectivity index (χ2v) is 4.15. The van der Waals surface area contributed by atoms with Crippen molar-refractivity contribution in [3.8, 4) is 0 Å². The Bertz CT molecular complexity index is 252. The van der Waals surface area contributed by atoms with Gasteiger partial charge in [0.1, 0.15) is 12.2 Å². The number of ether oxygens (including phenoxy) is 2. The van der Waals surface area contributed by atoms with E-state index in [4.69, 9.17) is 9.47 Å². The maximum atomic E-state index is 10.9.